The van der Waals surface area contributed by atoms with Crippen molar-refractivity contribution in [2.75, 3.05) is 6.61 Å². The molecule has 2 aromatic carbocycles. The molecule has 0 amide bonds. The molecule has 4 aromatic rings. The van der Waals surface area contributed by atoms with Gasteiger partial charge in [-0.25, -0.2) is 18.4 Å². The van der Waals surface area contributed by atoms with Crippen LogP contribution in [0.4, 0.5) is 8.78 Å². The molecule has 0 fully saturated rings. The topological polar surface area (TPSA) is 77.2 Å². The van der Waals surface area contributed by atoms with Crippen LogP contribution in [0.1, 0.15) is 20.8 Å². The zero-order valence-electron chi connectivity index (χ0n) is 17.3. The Labute approximate surface area is 192 Å². The number of benzene rings is 2. The first kappa shape index (κ1) is 22.5. The summed E-state index contributed by atoms with van der Waals surface area (Å²) >= 11 is 1.53. The number of rotatable bonds is 9. The molecule has 0 aliphatic carbocycles. The Morgan fingerprint density at radius 2 is 2.00 bits per heavy atom. The lowest BCUT2D eigenvalue weighted by atomic mass is 9.94. The molecule has 0 radical (unpaired) electrons. The number of carbonyl (C=O) groups excluding carboxylic acids is 1. The molecule has 9 heteroatoms. The molecule has 0 bridgehead atoms. The maximum atomic E-state index is 14.5. The number of aromatic nitrogens is 3. The molecule has 0 spiro atoms. The van der Waals surface area contributed by atoms with Crippen LogP contribution in [0, 0.1) is 11.6 Å². The first-order valence-corrected chi connectivity index (χ1v) is 10.8. The van der Waals surface area contributed by atoms with Gasteiger partial charge in [0.25, 0.3) is 0 Å². The third-order valence-electron chi connectivity index (χ3n) is 4.88. The van der Waals surface area contributed by atoms with Crippen molar-refractivity contribution in [2.24, 2.45) is 0 Å². The van der Waals surface area contributed by atoms with Crippen LogP contribution in [-0.4, -0.2) is 32.3 Å². The van der Waals surface area contributed by atoms with Gasteiger partial charge in [0.05, 0.1) is 6.54 Å². The van der Waals surface area contributed by atoms with Gasteiger partial charge in [0.2, 0.25) is 0 Å². The van der Waals surface area contributed by atoms with Gasteiger partial charge >= 0.3 is 0 Å². The minimum absolute atomic E-state index is 0.134. The fraction of sp³-hybridized carbons (Fsp3) is 0.125. The lowest BCUT2D eigenvalue weighted by molar-refractivity contribution is -0.0297. The standard InChI is InChI=1S/C24H19F2N3O3S/c25-18-5-9-21(22(26)12-18)24(31,13-29-16-27-15-28-29)14-32-19-6-3-17(4-7-19)23(30)10-8-20-2-1-11-33-20/h1-12,15-16,31H,13-14H2/t24-/m1/s1. The fourth-order valence-electron chi connectivity index (χ4n) is 3.22. The predicted octanol–water partition coefficient (Wildman–Crippen LogP) is 4.48. The Hall–Kier alpha value is -3.69. The van der Waals surface area contributed by atoms with E-state index in [9.17, 15) is 18.7 Å². The molecule has 0 aliphatic rings. The smallest absolute Gasteiger partial charge is 0.185 e. The number of aliphatic hydroxyl groups is 1. The Kier molecular flexibility index (Phi) is 6.71. The molecule has 2 heterocycles. The fourth-order valence-corrected chi connectivity index (χ4v) is 3.83. The lowest BCUT2D eigenvalue weighted by Crippen LogP contribution is -2.39. The summed E-state index contributed by atoms with van der Waals surface area (Å²) in [7, 11) is 0. The van der Waals surface area contributed by atoms with Gasteiger partial charge < -0.3 is 9.84 Å². The average molecular weight is 467 g/mol. The van der Waals surface area contributed by atoms with E-state index in [1.807, 2.05) is 17.5 Å². The van der Waals surface area contributed by atoms with Crippen molar-refractivity contribution in [3.8, 4) is 5.75 Å². The van der Waals surface area contributed by atoms with Gasteiger partial charge in [-0.1, -0.05) is 12.1 Å². The number of hydrogen-bond acceptors (Lipinski definition) is 6. The van der Waals surface area contributed by atoms with Crippen molar-refractivity contribution >= 4 is 23.2 Å². The van der Waals surface area contributed by atoms with Crippen molar-refractivity contribution < 1.29 is 23.4 Å². The number of nitrogens with zero attached hydrogens (tertiary/aromatic N) is 3. The van der Waals surface area contributed by atoms with Gasteiger partial charge in [-0.15, -0.1) is 11.3 Å². The molecule has 0 saturated heterocycles. The maximum absolute atomic E-state index is 14.5. The van der Waals surface area contributed by atoms with Crippen LogP contribution in [0.2, 0.25) is 0 Å². The number of ketones is 1. The third-order valence-corrected chi connectivity index (χ3v) is 5.72. The summed E-state index contributed by atoms with van der Waals surface area (Å²) in [5.41, 5.74) is -1.52. The maximum Gasteiger partial charge on any atom is 0.185 e. The van der Waals surface area contributed by atoms with E-state index in [1.54, 1.807) is 30.3 Å². The van der Waals surface area contributed by atoms with Crippen molar-refractivity contribution in [3.05, 3.63) is 106 Å². The Bertz CT molecular complexity index is 1240. The van der Waals surface area contributed by atoms with E-state index in [-0.39, 0.29) is 24.5 Å². The number of halogens is 2. The molecular weight excluding hydrogens is 448 g/mol. The molecule has 0 unspecified atom stereocenters. The van der Waals surface area contributed by atoms with Crippen LogP contribution in [0.5, 0.6) is 5.75 Å². The normalized spacial score (nSPS) is 13.2. The van der Waals surface area contributed by atoms with E-state index < -0.39 is 17.2 Å². The number of carbonyl (C=O) groups is 1. The van der Waals surface area contributed by atoms with Crippen molar-refractivity contribution in [2.45, 2.75) is 12.1 Å². The SMILES string of the molecule is O=C(C=Cc1cccs1)c1ccc(OC[C@](O)(Cn2cncn2)c2ccc(F)cc2F)cc1. The quantitative estimate of drug-likeness (QED) is 0.290. The largest absolute Gasteiger partial charge is 0.490 e. The van der Waals surface area contributed by atoms with Gasteiger partial charge in [0.1, 0.15) is 42.2 Å². The van der Waals surface area contributed by atoms with Crippen LogP contribution in [0.25, 0.3) is 6.08 Å². The highest BCUT2D eigenvalue weighted by Gasteiger charge is 2.34. The number of thiophene rings is 1. The predicted molar refractivity (Wildman–Crippen MR) is 120 cm³/mol. The average Bonchev–Trinajstić information content (AvgIpc) is 3.51. The first-order valence-electron chi connectivity index (χ1n) is 9.92. The first-order chi connectivity index (χ1) is 15.9. The van der Waals surface area contributed by atoms with Crippen molar-refractivity contribution in [3.63, 3.8) is 0 Å². The second-order valence-corrected chi connectivity index (χ2v) is 8.25. The lowest BCUT2D eigenvalue weighted by Gasteiger charge is -2.29. The molecule has 0 aliphatic heterocycles. The van der Waals surface area contributed by atoms with Crippen molar-refractivity contribution in [1.29, 1.82) is 0 Å². The van der Waals surface area contributed by atoms with Gasteiger partial charge in [0.15, 0.2) is 5.78 Å². The summed E-state index contributed by atoms with van der Waals surface area (Å²) in [6, 6.07) is 13.1. The van der Waals surface area contributed by atoms with Crippen LogP contribution in [-0.2, 0) is 12.1 Å². The van der Waals surface area contributed by atoms with Crippen LogP contribution in [0.3, 0.4) is 0 Å². The summed E-state index contributed by atoms with van der Waals surface area (Å²) in [5, 5.41) is 17.1. The Morgan fingerprint density at radius 1 is 1.18 bits per heavy atom. The summed E-state index contributed by atoms with van der Waals surface area (Å²) in [6.07, 6.45) is 5.90. The van der Waals surface area contributed by atoms with E-state index >= 15 is 0 Å². The van der Waals surface area contributed by atoms with Gasteiger partial charge in [-0.2, -0.15) is 5.10 Å². The van der Waals surface area contributed by atoms with Gasteiger partial charge in [0, 0.05) is 22.1 Å². The molecule has 33 heavy (non-hydrogen) atoms. The summed E-state index contributed by atoms with van der Waals surface area (Å²) in [6.45, 7) is -0.513. The highest BCUT2D eigenvalue weighted by atomic mass is 32.1. The zero-order chi connectivity index (χ0) is 23.3. The molecule has 168 valence electrons. The molecule has 4 rings (SSSR count). The van der Waals surface area contributed by atoms with Crippen LogP contribution in [0.15, 0.2) is 78.7 Å². The summed E-state index contributed by atoms with van der Waals surface area (Å²) in [5.74, 6) is -1.45. The molecule has 6 nitrogen and oxygen atoms in total. The minimum atomic E-state index is -1.86. The van der Waals surface area contributed by atoms with Crippen LogP contribution >= 0.6 is 11.3 Å². The molecule has 2 aromatic heterocycles. The summed E-state index contributed by atoms with van der Waals surface area (Å²) < 4.78 is 34.9. The highest BCUT2D eigenvalue weighted by molar-refractivity contribution is 7.10. The van der Waals surface area contributed by atoms with E-state index in [2.05, 4.69) is 10.1 Å². The highest BCUT2D eigenvalue weighted by Crippen LogP contribution is 2.28. The molecule has 1 atom stereocenters. The Balaban J connectivity index is 1.48. The second kappa shape index (κ2) is 9.85. The van der Waals surface area contributed by atoms with E-state index in [0.29, 0.717) is 17.4 Å². The molecule has 0 saturated carbocycles. The molecule has 1 N–H and O–H groups in total. The van der Waals surface area contributed by atoms with Gasteiger partial charge in [-0.05, 0) is 53.9 Å². The number of ether oxygens (including phenoxy) is 1. The van der Waals surface area contributed by atoms with E-state index in [1.165, 1.54) is 40.8 Å². The Morgan fingerprint density at radius 3 is 2.67 bits per heavy atom. The zero-order valence-corrected chi connectivity index (χ0v) is 18.1. The van der Waals surface area contributed by atoms with Gasteiger partial charge in [-0.3, -0.25) is 4.79 Å². The summed E-state index contributed by atoms with van der Waals surface area (Å²) in [4.78, 5) is 17.1. The number of hydrogen-bond donors (Lipinski definition) is 1. The van der Waals surface area contributed by atoms with E-state index in [0.717, 1.165) is 10.9 Å². The number of allylic oxidation sites excluding steroid dienone is 1. The molecular formula is C24H19F2N3O3S. The third kappa shape index (κ3) is 5.57. The van der Waals surface area contributed by atoms with Crippen molar-refractivity contribution in [1.82, 2.24) is 14.8 Å². The minimum Gasteiger partial charge on any atom is -0.490 e. The van der Waals surface area contributed by atoms with E-state index in [4.69, 9.17) is 4.74 Å². The monoisotopic (exact) mass is 467 g/mol. The van der Waals surface area contributed by atoms with Crippen LogP contribution < -0.4 is 4.74 Å². The second-order valence-electron chi connectivity index (χ2n) is 7.27.